The summed E-state index contributed by atoms with van der Waals surface area (Å²) in [6.45, 7) is 4.70. The average Bonchev–Trinajstić information content (AvgIpc) is 4.10. The predicted octanol–water partition coefficient (Wildman–Crippen LogP) is 15.7. The molecular formula is C60H38N4O2. The number of para-hydroxylation sites is 2. The van der Waals surface area contributed by atoms with Gasteiger partial charge in [0.15, 0.2) is 17.5 Å². The Morgan fingerprint density at radius 3 is 1.85 bits per heavy atom. The number of furan rings is 2. The molecule has 9 aromatic carbocycles. The van der Waals surface area contributed by atoms with Crippen LogP contribution in [0.25, 0.3) is 128 Å². The Labute approximate surface area is 379 Å². The first-order chi connectivity index (χ1) is 32.5. The first-order valence-electron chi connectivity index (χ1n) is 22.4. The lowest BCUT2D eigenvalue weighted by Gasteiger charge is -2.21. The third kappa shape index (κ3) is 5.27. The number of fused-ring (bicyclic) bond motifs is 12. The molecule has 0 bridgehead atoms. The van der Waals surface area contributed by atoms with Crippen LogP contribution < -0.4 is 0 Å². The van der Waals surface area contributed by atoms with E-state index in [0.29, 0.717) is 17.5 Å². The highest BCUT2D eigenvalue weighted by molar-refractivity contribution is 6.20. The van der Waals surface area contributed by atoms with E-state index in [-0.39, 0.29) is 5.41 Å². The molecule has 0 atom stereocenters. The van der Waals surface area contributed by atoms with Gasteiger partial charge < -0.3 is 13.4 Å². The van der Waals surface area contributed by atoms with Crippen molar-refractivity contribution in [2.75, 3.05) is 0 Å². The Balaban J connectivity index is 1.04. The molecule has 1 aliphatic rings. The number of hydrogen-bond acceptors (Lipinski definition) is 5. The fourth-order valence-electron chi connectivity index (χ4n) is 10.8. The van der Waals surface area contributed by atoms with Crippen LogP contribution in [-0.2, 0) is 5.41 Å². The fraction of sp³-hybridized carbons (Fsp3) is 0.0500. The van der Waals surface area contributed by atoms with E-state index in [1.165, 1.54) is 38.5 Å². The average molecular weight is 847 g/mol. The van der Waals surface area contributed by atoms with Crippen molar-refractivity contribution < 1.29 is 8.83 Å². The van der Waals surface area contributed by atoms with Crippen molar-refractivity contribution in [2.24, 2.45) is 0 Å². The molecule has 0 unspecified atom stereocenters. The van der Waals surface area contributed by atoms with Crippen LogP contribution >= 0.6 is 0 Å². The van der Waals surface area contributed by atoms with Gasteiger partial charge in [-0.3, -0.25) is 0 Å². The third-order valence-electron chi connectivity index (χ3n) is 13.9. The molecule has 6 nitrogen and oxygen atoms in total. The molecule has 0 aliphatic heterocycles. The molecule has 0 spiro atoms. The minimum Gasteiger partial charge on any atom is -0.456 e. The molecule has 14 rings (SSSR count). The molecule has 0 fully saturated rings. The monoisotopic (exact) mass is 846 g/mol. The van der Waals surface area contributed by atoms with Gasteiger partial charge in [-0.15, -0.1) is 0 Å². The highest BCUT2D eigenvalue weighted by Crippen LogP contribution is 2.52. The minimum atomic E-state index is -0.140. The lowest BCUT2D eigenvalue weighted by Crippen LogP contribution is -2.14. The maximum absolute atomic E-state index is 6.92. The topological polar surface area (TPSA) is 69.9 Å². The summed E-state index contributed by atoms with van der Waals surface area (Å²) >= 11 is 0. The molecule has 0 radical (unpaired) electrons. The van der Waals surface area contributed by atoms with E-state index in [0.717, 1.165) is 82.9 Å². The van der Waals surface area contributed by atoms with Crippen molar-refractivity contribution in [1.82, 2.24) is 19.5 Å². The Bertz CT molecular complexity index is 4080. The van der Waals surface area contributed by atoms with Crippen LogP contribution in [0.3, 0.4) is 0 Å². The van der Waals surface area contributed by atoms with Gasteiger partial charge in [0.2, 0.25) is 0 Å². The van der Waals surface area contributed by atoms with Crippen LogP contribution in [0.1, 0.15) is 25.0 Å². The van der Waals surface area contributed by atoms with Crippen LogP contribution in [0.2, 0.25) is 0 Å². The second-order valence-electron chi connectivity index (χ2n) is 17.9. The van der Waals surface area contributed by atoms with E-state index in [1.54, 1.807) is 0 Å². The molecule has 4 aromatic heterocycles. The minimum absolute atomic E-state index is 0.140. The van der Waals surface area contributed by atoms with Crippen molar-refractivity contribution >= 4 is 65.7 Å². The van der Waals surface area contributed by atoms with E-state index in [1.807, 2.05) is 72.8 Å². The molecule has 310 valence electrons. The molecule has 0 amide bonds. The summed E-state index contributed by atoms with van der Waals surface area (Å²) in [4.78, 5) is 15.5. The lowest BCUT2D eigenvalue weighted by molar-refractivity contribution is 0.661. The number of hydrogen-bond donors (Lipinski definition) is 0. The van der Waals surface area contributed by atoms with E-state index in [2.05, 4.69) is 140 Å². The van der Waals surface area contributed by atoms with Gasteiger partial charge in [0, 0.05) is 65.7 Å². The van der Waals surface area contributed by atoms with Crippen molar-refractivity contribution in [3.05, 3.63) is 205 Å². The van der Waals surface area contributed by atoms with Crippen molar-refractivity contribution in [3.8, 4) is 62.1 Å². The number of aromatic nitrogens is 4. The molecule has 0 saturated heterocycles. The van der Waals surface area contributed by atoms with E-state index in [4.69, 9.17) is 23.8 Å². The summed E-state index contributed by atoms with van der Waals surface area (Å²) < 4.78 is 16.1. The quantitative estimate of drug-likeness (QED) is 0.173. The van der Waals surface area contributed by atoms with E-state index >= 15 is 0 Å². The van der Waals surface area contributed by atoms with Gasteiger partial charge in [-0.1, -0.05) is 147 Å². The maximum atomic E-state index is 6.92. The normalized spacial score (nSPS) is 13.1. The smallest absolute Gasteiger partial charge is 0.164 e. The predicted molar refractivity (Wildman–Crippen MR) is 268 cm³/mol. The second kappa shape index (κ2) is 13.7. The zero-order valence-electron chi connectivity index (χ0n) is 36.1. The van der Waals surface area contributed by atoms with Crippen LogP contribution in [0.5, 0.6) is 0 Å². The summed E-state index contributed by atoms with van der Waals surface area (Å²) in [5.74, 6) is 1.74. The molecule has 66 heavy (non-hydrogen) atoms. The highest BCUT2D eigenvalue weighted by Gasteiger charge is 2.36. The SMILES string of the molecule is CC1(C)c2ccccc2-c2cc3c4ccccc4n(-c4ccc5oc6cccc(-c7c(-c8nc(-c9ccccc9)nc(-c9ccccc9)n8)ccc8c7oc7ccccc78)c6c5c4)c3cc21. The zero-order valence-corrected chi connectivity index (χ0v) is 36.1. The Morgan fingerprint density at radius 2 is 1.05 bits per heavy atom. The summed E-state index contributed by atoms with van der Waals surface area (Å²) in [6.07, 6.45) is 0. The Kier molecular flexibility index (Phi) is 7.64. The molecule has 0 saturated carbocycles. The van der Waals surface area contributed by atoms with Gasteiger partial charge in [-0.05, 0) is 88.5 Å². The van der Waals surface area contributed by atoms with Crippen molar-refractivity contribution in [1.29, 1.82) is 0 Å². The summed E-state index contributed by atoms with van der Waals surface area (Å²) in [5.41, 5.74) is 16.2. The van der Waals surface area contributed by atoms with Crippen molar-refractivity contribution in [3.63, 3.8) is 0 Å². The van der Waals surface area contributed by atoms with Gasteiger partial charge in [-0.25, -0.2) is 15.0 Å². The Morgan fingerprint density at radius 1 is 0.394 bits per heavy atom. The summed E-state index contributed by atoms with van der Waals surface area (Å²) in [7, 11) is 0. The molecule has 6 heteroatoms. The largest absolute Gasteiger partial charge is 0.456 e. The van der Waals surface area contributed by atoms with Crippen LogP contribution in [-0.4, -0.2) is 19.5 Å². The molecule has 13 aromatic rings. The lowest BCUT2D eigenvalue weighted by atomic mass is 9.82. The second-order valence-corrected chi connectivity index (χ2v) is 17.9. The molecular weight excluding hydrogens is 809 g/mol. The maximum Gasteiger partial charge on any atom is 0.164 e. The van der Waals surface area contributed by atoms with Crippen molar-refractivity contribution in [2.45, 2.75) is 19.3 Å². The van der Waals surface area contributed by atoms with Gasteiger partial charge >= 0.3 is 0 Å². The molecule has 4 heterocycles. The third-order valence-corrected chi connectivity index (χ3v) is 13.9. The first kappa shape index (κ1) is 36.8. The van der Waals surface area contributed by atoms with Gasteiger partial charge in [-0.2, -0.15) is 0 Å². The fourth-order valence-corrected chi connectivity index (χ4v) is 10.8. The number of nitrogens with zero attached hydrogens (tertiary/aromatic N) is 4. The first-order valence-corrected chi connectivity index (χ1v) is 22.4. The van der Waals surface area contributed by atoms with Crippen LogP contribution in [0.15, 0.2) is 203 Å². The summed E-state index contributed by atoms with van der Waals surface area (Å²) in [6, 6.07) is 68.1. The number of benzene rings is 9. The van der Waals surface area contributed by atoms with Gasteiger partial charge in [0.05, 0.1) is 11.0 Å². The zero-order chi connectivity index (χ0) is 43.7. The molecule has 1 aliphatic carbocycles. The highest BCUT2D eigenvalue weighted by atomic mass is 16.3. The van der Waals surface area contributed by atoms with Crippen LogP contribution in [0.4, 0.5) is 0 Å². The van der Waals surface area contributed by atoms with Crippen LogP contribution in [0, 0.1) is 0 Å². The van der Waals surface area contributed by atoms with Gasteiger partial charge in [0.1, 0.15) is 22.3 Å². The molecule has 0 N–H and O–H groups in total. The van der Waals surface area contributed by atoms with E-state index < -0.39 is 0 Å². The van der Waals surface area contributed by atoms with E-state index in [9.17, 15) is 0 Å². The standard InChI is InChI=1S/C60H38N4O2/c1-60(2)47-24-12-9-20-38(47)44-33-45-39-21-10-13-25-49(39)64(50(45)34-48(44)60)37-28-31-52-46(32-37)54-42(23-15-27-53(54)65-52)55-43(30-29-41-40-22-11-14-26-51(40)66-56(41)55)59-62-57(35-16-5-3-6-17-35)61-58(63-59)36-18-7-4-8-19-36/h3-34H,1-2H3. The number of rotatable bonds is 5. The van der Waals surface area contributed by atoms with Gasteiger partial charge in [0.25, 0.3) is 0 Å². The Hall–Kier alpha value is -8.61. The summed E-state index contributed by atoms with van der Waals surface area (Å²) in [5, 5.41) is 6.50.